The minimum Gasteiger partial charge on any atom is -0.249 e. The van der Waals surface area contributed by atoms with E-state index in [1.165, 1.54) is 0 Å². The van der Waals surface area contributed by atoms with Crippen molar-refractivity contribution in [2.45, 2.75) is 44.6 Å². The standard InChI is InChI=1S/C16H21N3S/c1-4-7-12-9-6-10-14(17-12)16-18-13(8-5-2)11-15(19-16)20-3/h6,9-11H,4-5,7-8H2,1-3H3. The summed E-state index contributed by atoms with van der Waals surface area (Å²) in [7, 11) is 0. The zero-order valence-electron chi connectivity index (χ0n) is 12.4. The predicted molar refractivity (Wildman–Crippen MR) is 85.0 cm³/mol. The predicted octanol–water partition coefficient (Wildman–Crippen LogP) is 4.17. The van der Waals surface area contributed by atoms with Gasteiger partial charge < -0.3 is 0 Å². The molecule has 0 amide bonds. The number of thioether (sulfide) groups is 1. The summed E-state index contributed by atoms with van der Waals surface area (Å²) in [5.41, 5.74) is 3.09. The molecule has 0 aliphatic carbocycles. The average molecular weight is 287 g/mol. The van der Waals surface area contributed by atoms with Crippen molar-refractivity contribution in [2.24, 2.45) is 0 Å². The van der Waals surface area contributed by atoms with E-state index in [0.29, 0.717) is 0 Å². The molecule has 2 rings (SSSR count). The summed E-state index contributed by atoms with van der Waals surface area (Å²) >= 11 is 1.65. The van der Waals surface area contributed by atoms with E-state index in [1.54, 1.807) is 11.8 Å². The second kappa shape index (κ2) is 7.39. The molecule has 0 fully saturated rings. The van der Waals surface area contributed by atoms with Crippen LogP contribution in [0.3, 0.4) is 0 Å². The van der Waals surface area contributed by atoms with Gasteiger partial charge in [0.2, 0.25) is 0 Å². The van der Waals surface area contributed by atoms with E-state index in [2.05, 4.69) is 40.9 Å². The highest BCUT2D eigenvalue weighted by molar-refractivity contribution is 7.98. The number of hydrogen-bond acceptors (Lipinski definition) is 4. The summed E-state index contributed by atoms with van der Waals surface area (Å²) in [5, 5.41) is 1.01. The maximum absolute atomic E-state index is 4.68. The van der Waals surface area contributed by atoms with E-state index in [-0.39, 0.29) is 0 Å². The van der Waals surface area contributed by atoms with Gasteiger partial charge in [-0.15, -0.1) is 11.8 Å². The van der Waals surface area contributed by atoms with Crippen molar-refractivity contribution < 1.29 is 0 Å². The zero-order valence-corrected chi connectivity index (χ0v) is 13.2. The Morgan fingerprint density at radius 1 is 0.950 bits per heavy atom. The van der Waals surface area contributed by atoms with Crippen molar-refractivity contribution >= 4 is 11.8 Å². The van der Waals surface area contributed by atoms with Crippen LogP contribution in [0, 0.1) is 0 Å². The van der Waals surface area contributed by atoms with E-state index in [4.69, 9.17) is 0 Å². The van der Waals surface area contributed by atoms with E-state index >= 15 is 0 Å². The Balaban J connectivity index is 2.39. The lowest BCUT2D eigenvalue weighted by atomic mass is 10.2. The molecule has 0 atom stereocenters. The third-order valence-corrected chi connectivity index (χ3v) is 3.64. The maximum Gasteiger partial charge on any atom is 0.179 e. The monoisotopic (exact) mass is 287 g/mol. The first kappa shape index (κ1) is 15.0. The quantitative estimate of drug-likeness (QED) is 0.590. The lowest BCUT2D eigenvalue weighted by molar-refractivity contribution is 0.852. The Bertz CT molecular complexity index is 569. The minimum absolute atomic E-state index is 0.748. The Morgan fingerprint density at radius 2 is 1.70 bits per heavy atom. The Labute approximate surface area is 125 Å². The van der Waals surface area contributed by atoms with Crippen molar-refractivity contribution in [1.82, 2.24) is 15.0 Å². The molecule has 0 spiro atoms. The second-order valence-electron chi connectivity index (χ2n) is 4.74. The van der Waals surface area contributed by atoms with Gasteiger partial charge in [0.15, 0.2) is 5.82 Å². The average Bonchev–Trinajstić information content (AvgIpc) is 2.48. The summed E-state index contributed by atoms with van der Waals surface area (Å²) in [5.74, 6) is 0.748. The van der Waals surface area contributed by atoms with Gasteiger partial charge in [0, 0.05) is 11.4 Å². The third kappa shape index (κ3) is 3.79. The molecule has 20 heavy (non-hydrogen) atoms. The summed E-state index contributed by atoms with van der Waals surface area (Å²) in [4.78, 5) is 13.9. The van der Waals surface area contributed by atoms with Gasteiger partial charge >= 0.3 is 0 Å². The minimum atomic E-state index is 0.748. The largest absolute Gasteiger partial charge is 0.249 e. The topological polar surface area (TPSA) is 38.7 Å². The molecule has 0 unspecified atom stereocenters. The van der Waals surface area contributed by atoms with Gasteiger partial charge in [0.25, 0.3) is 0 Å². The molecule has 0 saturated heterocycles. The van der Waals surface area contributed by atoms with Gasteiger partial charge in [-0.3, -0.25) is 0 Å². The maximum atomic E-state index is 4.68. The molecule has 106 valence electrons. The van der Waals surface area contributed by atoms with Crippen molar-refractivity contribution in [3.63, 3.8) is 0 Å². The summed E-state index contributed by atoms with van der Waals surface area (Å²) in [6.07, 6.45) is 6.22. The molecule has 0 N–H and O–H groups in total. The van der Waals surface area contributed by atoms with Crippen LogP contribution >= 0.6 is 11.8 Å². The lowest BCUT2D eigenvalue weighted by Crippen LogP contribution is -2.00. The van der Waals surface area contributed by atoms with Crippen molar-refractivity contribution in [2.75, 3.05) is 6.26 Å². The molecular weight excluding hydrogens is 266 g/mol. The second-order valence-corrected chi connectivity index (χ2v) is 5.57. The number of hydrogen-bond donors (Lipinski definition) is 0. The molecule has 2 aromatic heterocycles. The molecule has 2 heterocycles. The smallest absolute Gasteiger partial charge is 0.179 e. The van der Waals surface area contributed by atoms with E-state index in [9.17, 15) is 0 Å². The first-order chi connectivity index (χ1) is 9.76. The zero-order chi connectivity index (χ0) is 14.4. The van der Waals surface area contributed by atoms with E-state index in [1.807, 2.05) is 18.4 Å². The number of pyridine rings is 1. The van der Waals surface area contributed by atoms with Gasteiger partial charge in [0.05, 0.1) is 0 Å². The Morgan fingerprint density at radius 3 is 2.40 bits per heavy atom. The third-order valence-electron chi connectivity index (χ3n) is 3.01. The first-order valence-corrected chi connectivity index (χ1v) is 8.37. The molecular formula is C16H21N3S. The molecule has 2 aromatic rings. The van der Waals surface area contributed by atoms with Crippen LogP contribution < -0.4 is 0 Å². The van der Waals surface area contributed by atoms with Crippen molar-refractivity contribution in [1.29, 1.82) is 0 Å². The normalized spacial score (nSPS) is 10.8. The molecule has 3 nitrogen and oxygen atoms in total. The fraction of sp³-hybridized carbons (Fsp3) is 0.438. The highest BCUT2D eigenvalue weighted by Crippen LogP contribution is 2.20. The van der Waals surface area contributed by atoms with Crippen molar-refractivity contribution in [3.8, 4) is 11.5 Å². The summed E-state index contributed by atoms with van der Waals surface area (Å²) in [6.45, 7) is 4.33. The number of nitrogens with zero attached hydrogens (tertiary/aromatic N) is 3. The molecule has 4 heteroatoms. The summed E-state index contributed by atoms with van der Waals surface area (Å²) in [6, 6.07) is 8.18. The van der Waals surface area contributed by atoms with Crippen LogP contribution in [-0.2, 0) is 12.8 Å². The summed E-state index contributed by atoms with van der Waals surface area (Å²) < 4.78 is 0. The molecule has 0 aliphatic heterocycles. The Kier molecular flexibility index (Phi) is 5.53. The van der Waals surface area contributed by atoms with Gasteiger partial charge in [-0.05, 0) is 37.3 Å². The fourth-order valence-corrected chi connectivity index (χ4v) is 2.51. The molecule has 0 saturated carbocycles. The van der Waals surface area contributed by atoms with Gasteiger partial charge in [-0.25, -0.2) is 15.0 Å². The van der Waals surface area contributed by atoms with Crippen LogP contribution in [0.4, 0.5) is 0 Å². The Hall–Kier alpha value is -1.42. The highest BCUT2D eigenvalue weighted by atomic mass is 32.2. The van der Waals surface area contributed by atoms with Crippen LogP contribution in [-0.4, -0.2) is 21.2 Å². The first-order valence-electron chi connectivity index (χ1n) is 7.15. The highest BCUT2D eigenvalue weighted by Gasteiger charge is 2.08. The molecule has 0 aromatic carbocycles. The molecule has 0 bridgehead atoms. The van der Waals surface area contributed by atoms with Crippen LogP contribution in [0.15, 0.2) is 29.3 Å². The molecule has 0 radical (unpaired) electrons. The fourth-order valence-electron chi connectivity index (χ4n) is 2.08. The van der Waals surface area contributed by atoms with Crippen LogP contribution in [0.2, 0.25) is 0 Å². The van der Waals surface area contributed by atoms with Gasteiger partial charge in [0.1, 0.15) is 10.7 Å². The number of rotatable bonds is 6. The van der Waals surface area contributed by atoms with E-state index < -0.39 is 0 Å². The van der Waals surface area contributed by atoms with Crippen molar-refractivity contribution in [3.05, 3.63) is 35.7 Å². The van der Waals surface area contributed by atoms with Crippen LogP contribution in [0.1, 0.15) is 38.1 Å². The van der Waals surface area contributed by atoms with Crippen LogP contribution in [0.25, 0.3) is 11.5 Å². The SMILES string of the molecule is CCCc1cccc(-c2nc(CCC)cc(SC)n2)n1. The van der Waals surface area contributed by atoms with E-state index in [0.717, 1.165) is 53.6 Å². The number of aromatic nitrogens is 3. The van der Waals surface area contributed by atoms with Crippen LogP contribution in [0.5, 0.6) is 0 Å². The molecule has 0 aliphatic rings. The van der Waals surface area contributed by atoms with Gasteiger partial charge in [-0.2, -0.15) is 0 Å². The lowest BCUT2D eigenvalue weighted by Gasteiger charge is -2.07. The number of aryl methyl sites for hydroxylation is 2. The van der Waals surface area contributed by atoms with Gasteiger partial charge in [-0.1, -0.05) is 32.8 Å².